The van der Waals surface area contributed by atoms with Crippen LogP contribution in [-0.2, 0) is 9.59 Å². The largest absolute Gasteiger partial charge is 0.321 e. The van der Waals surface area contributed by atoms with Gasteiger partial charge in [0, 0.05) is 27.7 Å². The Balaban J connectivity index is 1.48. The Morgan fingerprint density at radius 2 is 1.74 bits per heavy atom. The molecule has 0 spiro atoms. The number of hydrogen-bond donors (Lipinski definition) is 3. The van der Waals surface area contributed by atoms with Gasteiger partial charge in [-0.25, -0.2) is 0 Å². The minimum atomic E-state index is -0.468. The molecule has 0 radical (unpaired) electrons. The Labute approximate surface area is 258 Å². The summed E-state index contributed by atoms with van der Waals surface area (Å²) in [4.78, 5) is 44.5. The standard InChI is InChI=1S/C31H31N5O3S3/c1-4-26(29(39)34-30-35-31(36-42-30)40-5-2)41-24-16-10-15-23(19-24)32-28(38)25(18-21-12-9-11-20(3)17-21)33-27(37)22-13-7-6-8-14-22/h6-19,26H,4-5H2,1-3H3,(H,32,38)(H,33,37)(H,34,35,36,39)/b25-18+. The van der Waals surface area contributed by atoms with Crippen LogP contribution in [0.25, 0.3) is 6.08 Å². The van der Waals surface area contributed by atoms with Crippen LogP contribution in [0.3, 0.4) is 0 Å². The van der Waals surface area contributed by atoms with Crippen molar-refractivity contribution in [1.82, 2.24) is 14.7 Å². The number of anilines is 2. The number of aromatic nitrogens is 2. The highest BCUT2D eigenvalue weighted by molar-refractivity contribution is 8.00. The third kappa shape index (κ3) is 9.04. The fraction of sp³-hybridized carbons (Fsp3) is 0.194. The zero-order valence-electron chi connectivity index (χ0n) is 23.4. The molecule has 0 aliphatic rings. The fourth-order valence-corrected chi connectivity index (χ4v) is 6.12. The van der Waals surface area contributed by atoms with E-state index in [0.29, 0.717) is 28.0 Å². The SMILES string of the molecule is CCSc1nsc(NC(=O)C(CC)Sc2cccc(NC(=O)/C(=C\c3cccc(C)c3)NC(=O)c3ccccc3)c2)n1. The molecule has 1 heterocycles. The van der Waals surface area contributed by atoms with Gasteiger partial charge in [-0.15, -0.1) is 11.8 Å². The molecule has 4 rings (SSSR count). The van der Waals surface area contributed by atoms with Crippen LogP contribution in [0.15, 0.2) is 94.6 Å². The number of nitrogens with one attached hydrogen (secondary N) is 3. The zero-order valence-corrected chi connectivity index (χ0v) is 25.9. The van der Waals surface area contributed by atoms with Gasteiger partial charge in [-0.1, -0.05) is 79.7 Å². The Morgan fingerprint density at radius 1 is 0.952 bits per heavy atom. The van der Waals surface area contributed by atoms with Crippen molar-refractivity contribution >= 4 is 69.7 Å². The highest BCUT2D eigenvalue weighted by Gasteiger charge is 2.21. The molecule has 0 saturated carbocycles. The molecule has 0 aliphatic carbocycles. The number of rotatable bonds is 12. The maximum atomic E-state index is 13.4. The molecule has 8 nitrogen and oxygen atoms in total. The number of nitrogens with zero attached hydrogens (tertiary/aromatic N) is 2. The molecule has 3 N–H and O–H groups in total. The van der Waals surface area contributed by atoms with Crippen molar-refractivity contribution < 1.29 is 14.4 Å². The van der Waals surface area contributed by atoms with E-state index in [-0.39, 0.29) is 22.8 Å². The van der Waals surface area contributed by atoms with E-state index < -0.39 is 5.91 Å². The summed E-state index contributed by atoms with van der Waals surface area (Å²) in [6.45, 7) is 5.93. The van der Waals surface area contributed by atoms with E-state index in [4.69, 9.17) is 0 Å². The lowest BCUT2D eigenvalue weighted by atomic mass is 10.1. The Hall–Kier alpha value is -3.93. The lowest BCUT2D eigenvalue weighted by molar-refractivity contribution is -0.116. The summed E-state index contributed by atoms with van der Waals surface area (Å²) in [5.74, 6) is -0.160. The second-order valence-electron chi connectivity index (χ2n) is 9.09. The van der Waals surface area contributed by atoms with Gasteiger partial charge in [0.15, 0.2) is 0 Å². The van der Waals surface area contributed by atoms with Gasteiger partial charge in [-0.3, -0.25) is 19.7 Å². The van der Waals surface area contributed by atoms with E-state index in [9.17, 15) is 14.4 Å². The second kappa shape index (κ2) is 15.3. The van der Waals surface area contributed by atoms with Gasteiger partial charge in [0.1, 0.15) is 5.70 Å². The van der Waals surface area contributed by atoms with E-state index in [1.54, 1.807) is 36.4 Å². The summed E-state index contributed by atoms with van der Waals surface area (Å²) in [7, 11) is 0. The first-order valence-corrected chi connectivity index (χ1v) is 16.0. The summed E-state index contributed by atoms with van der Waals surface area (Å²) < 4.78 is 4.25. The van der Waals surface area contributed by atoms with Crippen LogP contribution in [0.2, 0.25) is 0 Å². The van der Waals surface area contributed by atoms with Crippen LogP contribution in [0.5, 0.6) is 0 Å². The molecule has 3 amide bonds. The maximum Gasteiger partial charge on any atom is 0.272 e. The Bertz CT molecular complexity index is 1570. The smallest absolute Gasteiger partial charge is 0.272 e. The van der Waals surface area contributed by atoms with Crippen molar-refractivity contribution in [2.45, 2.75) is 42.5 Å². The molecular formula is C31H31N5O3S3. The minimum absolute atomic E-state index is 0.107. The number of thioether (sulfide) groups is 2. The van der Waals surface area contributed by atoms with Gasteiger partial charge in [0.2, 0.25) is 16.2 Å². The number of aryl methyl sites for hydroxylation is 1. The molecule has 0 fully saturated rings. The summed E-state index contributed by atoms with van der Waals surface area (Å²) in [5, 5.41) is 9.28. The first-order chi connectivity index (χ1) is 20.3. The molecule has 0 aliphatic heterocycles. The van der Waals surface area contributed by atoms with Crippen molar-refractivity contribution in [3.05, 3.63) is 101 Å². The predicted octanol–water partition coefficient (Wildman–Crippen LogP) is 6.88. The van der Waals surface area contributed by atoms with Gasteiger partial charge in [0.05, 0.1) is 5.25 Å². The second-order valence-corrected chi connectivity index (χ2v) is 12.4. The number of carbonyl (C=O) groups excluding carboxylic acids is 3. The molecule has 0 bridgehead atoms. The van der Waals surface area contributed by atoms with E-state index in [1.165, 1.54) is 23.5 Å². The third-order valence-electron chi connectivity index (χ3n) is 5.83. The summed E-state index contributed by atoms with van der Waals surface area (Å²) in [6.07, 6.45) is 2.24. The van der Waals surface area contributed by atoms with Gasteiger partial charge < -0.3 is 10.6 Å². The number of benzene rings is 3. The number of hydrogen-bond acceptors (Lipinski definition) is 8. The Morgan fingerprint density at radius 3 is 2.48 bits per heavy atom. The Kier molecular flexibility index (Phi) is 11.3. The summed E-state index contributed by atoms with van der Waals surface area (Å²) >= 11 is 4.08. The summed E-state index contributed by atoms with van der Waals surface area (Å²) in [5.41, 5.74) is 2.90. The summed E-state index contributed by atoms with van der Waals surface area (Å²) in [6, 6.07) is 23.7. The first kappa shape index (κ1) is 31.0. The number of carbonyl (C=O) groups is 3. The highest BCUT2D eigenvalue weighted by atomic mass is 32.2. The van der Waals surface area contributed by atoms with Crippen molar-refractivity contribution in [1.29, 1.82) is 0 Å². The molecule has 11 heteroatoms. The highest BCUT2D eigenvalue weighted by Crippen LogP contribution is 2.29. The van der Waals surface area contributed by atoms with Gasteiger partial charge in [0.25, 0.3) is 11.8 Å². The molecule has 1 aromatic heterocycles. The predicted molar refractivity (Wildman–Crippen MR) is 173 cm³/mol. The average molecular weight is 618 g/mol. The van der Waals surface area contributed by atoms with E-state index >= 15 is 0 Å². The lowest BCUT2D eigenvalue weighted by Crippen LogP contribution is -2.30. The van der Waals surface area contributed by atoms with Crippen molar-refractivity contribution in [2.24, 2.45) is 0 Å². The van der Waals surface area contributed by atoms with Crippen LogP contribution in [0.4, 0.5) is 10.8 Å². The number of amides is 3. The monoisotopic (exact) mass is 617 g/mol. The minimum Gasteiger partial charge on any atom is -0.321 e. The normalized spacial score (nSPS) is 11.9. The van der Waals surface area contributed by atoms with Crippen LogP contribution >= 0.6 is 35.1 Å². The van der Waals surface area contributed by atoms with E-state index in [2.05, 4.69) is 25.3 Å². The van der Waals surface area contributed by atoms with Crippen molar-refractivity contribution in [3.63, 3.8) is 0 Å². The molecule has 1 atom stereocenters. The van der Waals surface area contributed by atoms with Crippen LogP contribution in [0.1, 0.15) is 41.8 Å². The molecule has 1 unspecified atom stereocenters. The van der Waals surface area contributed by atoms with Crippen LogP contribution in [0, 0.1) is 6.92 Å². The fourth-order valence-electron chi connectivity index (χ4n) is 3.84. The third-order valence-corrected chi connectivity index (χ3v) is 8.66. The van der Waals surface area contributed by atoms with Crippen LogP contribution in [-0.4, -0.2) is 38.1 Å². The van der Waals surface area contributed by atoms with Crippen molar-refractivity contribution in [3.8, 4) is 0 Å². The molecule has 216 valence electrons. The molecule has 4 aromatic rings. The molecular weight excluding hydrogens is 587 g/mol. The molecule has 3 aromatic carbocycles. The molecule has 42 heavy (non-hydrogen) atoms. The van der Waals surface area contributed by atoms with Crippen LogP contribution < -0.4 is 16.0 Å². The van der Waals surface area contributed by atoms with Crippen molar-refractivity contribution in [2.75, 3.05) is 16.4 Å². The quantitative estimate of drug-likeness (QED) is 0.117. The topological polar surface area (TPSA) is 113 Å². The first-order valence-electron chi connectivity index (χ1n) is 13.3. The molecule has 0 saturated heterocycles. The van der Waals surface area contributed by atoms with E-state index in [1.807, 2.05) is 69.3 Å². The zero-order chi connectivity index (χ0) is 29.9. The average Bonchev–Trinajstić information content (AvgIpc) is 3.43. The van der Waals surface area contributed by atoms with Gasteiger partial charge >= 0.3 is 0 Å². The maximum absolute atomic E-state index is 13.4. The lowest BCUT2D eigenvalue weighted by Gasteiger charge is -2.15. The van der Waals surface area contributed by atoms with Gasteiger partial charge in [-0.05, 0) is 61.1 Å². The van der Waals surface area contributed by atoms with Gasteiger partial charge in [-0.2, -0.15) is 9.36 Å². The van der Waals surface area contributed by atoms with E-state index in [0.717, 1.165) is 33.3 Å².